The van der Waals surface area contributed by atoms with E-state index in [2.05, 4.69) is 16.5 Å². The molecule has 0 fully saturated rings. The SMILES string of the molecule is Cc1noc(C)c1NC(=O)Cc1ccc2ccccc2c1. The number of carbonyl (C=O) groups is 1. The van der Waals surface area contributed by atoms with Crippen molar-refractivity contribution in [2.45, 2.75) is 20.3 Å². The van der Waals surface area contributed by atoms with Gasteiger partial charge in [0.15, 0.2) is 5.76 Å². The molecule has 0 radical (unpaired) electrons. The molecule has 106 valence electrons. The number of hydrogen-bond donors (Lipinski definition) is 1. The summed E-state index contributed by atoms with van der Waals surface area (Å²) in [4.78, 5) is 12.1. The predicted molar refractivity (Wildman–Crippen MR) is 82.3 cm³/mol. The van der Waals surface area contributed by atoms with Gasteiger partial charge in [0.05, 0.1) is 6.42 Å². The van der Waals surface area contributed by atoms with Gasteiger partial charge < -0.3 is 9.84 Å². The van der Waals surface area contributed by atoms with E-state index in [1.54, 1.807) is 6.92 Å². The van der Waals surface area contributed by atoms with Crippen molar-refractivity contribution in [3.8, 4) is 0 Å². The van der Waals surface area contributed by atoms with Crippen LogP contribution in [0, 0.1) is 13.8 Å². The van der Waals surface area contributed by atoms with E-state index in [1.165, 1.54) is 5.39 Å². The molecule has 1 heterocycles. The quantitative estimate of drug-likeness (QED) is 0.797. The van der Waals surface area contributed by atoms with E-state index >= 15 is 0 Å². The lowest BCUT2D eigenvalue weighted by atomic mass is 10.0. The Morgan fingerprint density at radius 2 is 1.90 bits per heavy atom. The van der Waals surface area contributed by atoms with Crippen LogP contribution in [0.2, 0.25) is 0 Å². The highest BCUT2D eigenvalue weighted by Gasteiger charge is 2.12. The van der Waals surface area contributed by atoms with Crippen LogP contribution in [-0.4, -0.2) is 11.1 Å². The van der Waals surface area contributed by atoms with E-state index in [-0.39, 0.29) is 5.91 Å². The second kappa shape index (κ2) is 5.40. The highest BCUT2D eigenvalue weighted by molar-refractivity contribution is 5.94. The molecule has 0 aliphatic carbocycles. The lowest BCUT2D eigenvalue weighted by Crippen LogP contribution is -2.15. The number of fused-ring (bicyclic) bond motifs is 1. The maximum Gasteiger partial charge on any atom is 0.228 e. The first kappa shape index (κ1) is 13.4. The lowest BCUT2D eigenvalue weighted by molar-refractivity contribution is -0.115. The normalized spacial score (nSPS) is 10.8. The van der Waals surface area contributed by atoms with Gasteiger partial charge in [0.25, 0.3) is 0 Å². The van der Waals surface area contributed by atoms with Crippen LogP contribution >= 0.6 is 0 Å². The van der Waals surface area contributed by atoms with E-state index in [9.17, 15) is 4.79 Å². The van der Waals surface area contributed by atoms with Crippen LogP contribution in [0.15, 0.2) is 47.0 Å². The summed E-state index contributed by atoms with van der Waals surface area (Å²) in [6.45, 7) is 3.59. The minimum Gasteiger partial charge on any atom is -0.359 e. The van der Waals surface area contributed by atoms with Crippen molar-refractivity contribution in [3.05, 3.63) is 59.5 Å². The number of nitrogens with one attached hydrogen (secondary N) is 1. The predicted octanol–water partition coefficient (Wildman–Crippen LogP) is 3.63. The monoisotopic (exact) mass is 280 g/mol. The molecular formula is C17H16N2O2. The molecule has 0 aliphatic rings. The second-order valence-electron chi connectivity index (χ2n) is 5.11. The first-order chi connectivity index (χ1) is 10.1. The number of rotatable bonds is 3. The van der Waals surface area contributed by atoms with Gasteiger partial charge in [-0.25, -0.2) is 0 Å². The fourth-order valence-corrected chi connectivity index (χ4v) is 2.38. The fourth-order valence-electron chi connectivity index (χ4n) is 2.38. The minimum atomic E-state index is -0.0697. The van der Waals surface area contributed by atoms with Crippen LogP contribution in [0.5, 0.6) is 0 Å². The van der Waals surface area contributed by atoms with Crippen LogP contribution in [0.25, 0.3) is 10.8 Å². The average Bonchev–Trinajstić information content (AvgIpc) is 2.79. The average molecular weight is 280 g/mol. The second-order valence-corrected chi connectivity index (χ2v) is 5.11. The topological polar surface area (TPSA) is 55.1 Å². The van der Waals surface area contributed by atoms with Gasteiger partial charge in [-0.15, -0.1) is 0 Å². The molecule has 1 aromatic heterocycles. The van der Waals surface area contributed by atoms with Crippen LogP contribution in [-0.2, 0) is 11.2 Å². The van der Waals surface area contributed by atoms with E-state index < -0.39 is 0 Å². The first-order valence-electron chi connectivity index (χ1n) is 6.84. The third-order valence-electron chi connectivity index (χ3n) is 3.48. The summed E-state index contributed by atoms with van der Waals surface area (Å²) in [6.07, 6.45) is 0.328. The highest BCUT2D eigenvalue weighted by atomic mass is 16.5. The van der Waals surface area contributed by atoms with Gasteiger partial charge in [-0.1, -0.05) is 47.6 Å². The van der Waals surface area contributed by atoms with Crippen molar-refractivity contribution in [1.29, 1.82) is 0 Å². The Balaban J connectivity index is 1.77. The molecule has 1 amide bonds. The summed E-state index contributed by atoms with van der Waals surface area (Å²) in [7, 11) is 0. The fraction of sp³-hybridized carbons (Fsp3) is 0.176. The van der Waals surface area contributed by atoms with Crippen LogP contribution in [0.4, 0.5) is 5.69 Å². The summed E-state index contributed by atoms with van der Waals surface area (Å²) in [5.41, 5.74) is 2.35. The summed E-state index contributed by atoms with van der Waals surface area (Å²) < 4.78 is 5.04. The molecule has 3 rings (SSSR count). The van der Waals surface area contributed by atoms with E-state index in [1.807, 2.05) is 43.3 Å². The molecule has 2 aromatic carbocycles. The molecule has 1 N–H and O–H groups in total. The Morgan fingerprint density at radius 3 is 2.62 bits per heavy atom. The Morgan fingerprint density at radius 1 is 1.14 bits per heavy atom. The number of hydrogen-bond acceptors (Lipinski definition) is 3. The third-order valence-corrected chi connectivity index (χ3v) is 3.48. The number of nitrogens with zero attached hydrogens (tertiary/aromatic N) is 1. The third kappa shape index (κ3) is 2.79. The summed E-state index contributed by atoms with van der Waals surface area (Å²) in [5, 5.41) is 9.00. The molecule has 3 aromatic rings. The zero-order chi connectivity index (χ0) is 14.8. The van der Waals surface area contributed by atoms with Crippen molar-refractivity contribution in [1.82, 2.24) is 5.16 Å². The molecule has 0 saturated carbocycles. The van der Waals surface area contributed by atoms with Crippen molar-refractivity contribution in [2.24, 2.45) is 0 Å². The van der Waals surface area contributed by atoms with Crippen molar-refractivity contribution >= 4 is 22.4 Å². The molecule has 4 nitrogen and oxygen atoms in total. The number of aryl methyl sites for hydroxylation is 2. The van der Waals surface area contributed by atoms with Gasteiger partial charge in [-0.3, -0.25) is 4.79 Å². The van der Waals surface area contributed by atoms with Gasteiger partial charge in [0.2, 0.25) is 5.91 Å². The van der Waals surface area contributed by atoms with Crippen molar-refractivity contribution in [2.75, 3.05) is 5.32 Å². The maximum atomic E-state index is 12.1. The Bertz CT molecular complexity index is 786. The van der Waals surface area contributed by atoms with E-state index in [0.717, 1.165) is 10.9 Å². The van der Waals surface area contributed by atoms with Crippen LogP contribution in [0.3, 0.4) is 0 Å². The van der Waals surface area contributed by atoms with Gasteiger partial charge in [-0.2, -0.15) is 0 Å². The smallest absolute Gasteiger partial charge is 0.228 e. The lowest BCUT2D eigenvalue weighted by Gasteiger charge is -2.06. The van der Waals surface area contributed by atoms with E-state index in [4.69, 9.17) is 4.52 Å². The largest absolute Gasteiger partial charge is 0.359 e. The van der Waals surface area contributed by atoms with Gasteiger partial charge in [0, 0.05) is 0 Å². The molecule has 21 heavy (non-hydrogen) atoms. The molecule has 0 bridgehead atoms. The van der Waals surface area contributed by atoms with Gasteiger partial charge in [-0.05, 0) is 30.2 Å². The summed E-state index contributed by atoms with van der Waals surface area (Å²) in [6, 6.07) is 14.2. The van der Waals surface area contributed by atoms with Crippen molar-refractivity contribution in [3.63, 3.8) is 0 Å². The number of amides is 1. The molecule has 4 heteroatoms. The molecule has 0 saturated heterocycles. The maximum absolute atomic E-state index is 12.1. The molecule has 0 aliphatic heterocycles. The summed E-state index contributed by atoms with van der Waals surface area (Å²) >= 11 is 0. The molecule has 0 unspecified atom stereocenters. The zero-order valence-electron chi connectivity index (χ0n) is 12.0. The van der Waals surface area contributed by atoms with Crippen molar-refractivity contribution < 1.29 is 9.32 Å². The van der Waals surface area contributed by atoms with Gasteiger partial charge >= 0.3 is 0 Å². The number of benzene rings is 2. The van der Waals surface area contributed by atoms with Crippen LogP contribution in [0.1, 0.15) is 17.0 Å². The highest BCUT2D eigenvalue weighted by Crippen LogP contribution is 2.20. The molecular weight excluding hydrogens is 264 g/mol. The molecule has 0 spiro atoms. The molecule has 0 atom stereocenters. The first-order valence-corrected chi connectivity index (χ1v) is 6.84. The Kier molecular flexibility index (Phi) is 3.44. The van der Waals surface area contributed by atoms with Gasteiger partial charge in [0.1, 0.15) is 11.4 Å². The summed E-state index contributed by atoms with van der Waals surface area (Å²) in [5.74, 6) is 0.555. The number of carbonyl (C=O) groups excluding carboxylic acids is 1. The Hall–Kier alpha value is -2.62. The zero-order valence-corrected chi connectivity index (χ0v) is 12.0. The Labute approximate surface area is 122 Å². The minimum absolute atomic E-state index is 0.0697. The van der Waals surface area contributed by atoms with Crippen LogP contribution < -0.4 is 5.32 Å². The number of anilines is 1. The van der Waals surface area contributed by atoms with E-state index in [0.29, 0.717) is 23.6 Å². The standard InChI is InChI=1S/C17H16N2O2/c1-11-17(12(2)21-19-11)18-16(20)10-13-7-8-14-5-3-4-6-15(14)9-13/h3-9H,10H2,1-2H3,(H,18,20). The number of aromatic nitrogens is 1.